The Hall–Kier alpha value is -0.720. The molecule has 0 saturated heterocycles. The van der Waals surface area contributed by atoms with Crippen molar-refractivity contribution in [1.82, 2.24) is 4.98 Å². The maximum atomic E-state index is 9.67. The summed E-state index contributed by atoms with van der Waals surface area (Å²) in [4.78, 5) is 8.39. The molecule has 0 radical (unpaired) electrons. The van der Waals surface area contributed by atoms with Crippen LogP contribution in [0.1, 0.15) is 5.56 Å². The fourth-order valence-electron chi connectivity index (χ4n) is 1.26. The lowest BCUT2D eigenvalue weighted by Gasteiger charge is -2.00. The van der Waals surface area contributed by atoms with Crippen LogP contribution in [0.2, 0.25) is 0 Å². The Morgan fingerprint density at radius 1 is 1.11 bits per heavy atom. The van der Waals surface area contributed by atoms with E-state index in [-0.39, 0.29) is 5.75 Å². The number of hydrogen-bond acceptors (Lipinski definition) is 3. The molecule has 0 bridgehead atoms. The van der Waals surface area contributed by atoms with Crippen molar-refractivity contribution in [3.8, 4) is 5.75 Å². The minimum atomic E-state index is 0.176. The Kier molecular flexibility index (Phi) is 4.53. The SMILES string of the molecule is Oc1ccc(Br)cc1C=Nc1ncc(Br)cc1Br. The van der Waals surface area contributed by atoms with Gasteiger partial charge in [0.15, 0.2) is 5.82 Å². The summed E-state index contributed by atoms with van der Waals surface area (Å²) >= 11 is 10.0. The highest BCUT2D eigenvalue weighted by atomic mass is 79.9. The van der Waals surface area contributed by atoms with E-state index in [0.717, 1.165) is 13.4 Å². The molecule has 0 spiro atoms. The molecule has 0 atom stereocenters. The first-order valence-corrected chi connectivity index (χ1v) is 7.28. The van der Waals surface area contributed by atoms with E-state index < -0.39 is 0 Å². The van der Waals surface area contributed by atoms with Crippen molar-refractivity contribution in [1.29, 1.82) is 0 Å². The smallest absolute Gasteiger partial charge is 0.166 e. The molecule has 18 heavy (non-hydrogen) atoms. The molecule has 1 heterocycles. The van der Waals surface area contributed by atoms with Crippen molar-refractivity contribution >= 4 is 59.8 Å². The Morgan fingerprint density at radius 3 is 2.61 bits per heavy atom. The molecule has 0 unspecified atom stereocenters. The summed E-state index contributed by atoms with van der Waals surface area (Å²) in [5, 5.41) is 9.67. The molecule has 6 heteroatoms. The van der Waals surface area contributed by atoms with Crippen LogP contribution in [0, 0.1) is 0 Å². The zero-order chi connectivity index (χ0) is 13.1. The number of benzene rings is 1. The lowest BCUT2D eigenvalue weighted by Crippen LogP contribution is -1.84. The third-order valence-electron chi connectivity index (χ3n) is 2.10. The van der Waals surface area contributed by atoms with Gasteiger partial charge < -0.3 is 5.11 Å². The minimum absolute atomic E-state index is 0.176. The molecule has 3 nitrogen and oxygen atoms in total. The first-order chi connectivity index (χ1) is 8.56. The van der Waals surface area contributed by atoms with Gasteiger partial charge in [-0.15, -0.1) is 0 Å². The molecule has 1 aromatic carbocycles. The maximum absolute atomic E-state index is 9.67. The zero-order valence-corrected chi connectivity index (χ0v) is 13.7. The molecule has 0 aliphatic rings. The highest BCUT2D eigenvalue weighted by Crippen LogP contribution is 2.26. The molecule has 0 fully saturated rings. The van der Waals surface area contributed by atoms with Crippen molar-refractivity contribution in [2.45, 2.75) is 0 Å². The van der Waals surface area contributed by atoms with Crippen LogP contribution >= 0.6 is 47.8 Å². The molecule has 2 rings (SSSR count). The van der Waals surface area contributed by atoms with Crippen LogP contribution in [0.25, 0.3) is 0 Å². The van der Waals surface area contributed by atoms with Crippen LogP contribution in [0.5, 0.6) is 5.75 Å². The third-order valence-corrected chi connectivity index (χ3v) is 3.61. The Morgan fingerprint density at radius 2 is 1.89 bits per heavy atom. The van der Waals surface area contributed by atoms with Gasteiger partial charge in [0, 0.05) is 26.9 Å². The summed E-state index contributed by atoms with van der Waals surface area (Å²) in [6, 6.07) is 7.02. The van der Waals surface area contributed by atoms with Gasteiger partial charge in [0.1, 0.15) is 5.75 Å². The second-order valence-electron chi connectivity index (χ2n) is 3.42. The van der Waals surface area contributed by atoms with Gasteiger partial charge in [0.2, 0.25) is 0 Å². The van der Waals surface area contributed by atoms with Crippen LogP contribution in [-0.2, 0) is 0 Å². The van der Waals surface area contributed by atoms with Crippen LogP contribution in [0.3, 0.4) is 0 Å². The quantitative estimate of drug-likeness (QED) is 0.688. The molecule has 0 saturated carbocycles. The molecule has 0 aliphatic heterocycles. The van der Waals surface area contributed by atoms with Gasteiger partial charge >= 0.3 is 0 Å². The number of phenols is 1. The van der Waals surface area contributed by atoms with E-state index in [4.69, 9.17) is 0 Å². The molecule has 1 aromatic heterocycles. The number of aromatic nitrogens is 1. The number of pyridine rings is 1. The Labute approximate surface area is 129 Å². The molecular formula is C12H7Br3N2O. The van der Waals surface area contributed by atoms with E-state index in [1.807, 2.05) is 6.07 Å². The highest BCUT2D eigenvalue weighted by molar-refractivity contribution is 9.11. The van der Waals surface area contributed by atoms with Crippen molar-refractivity contribution in [3.05, 3.63) is 49.4 Å². The average molecular weight is 435 g/mol. The monoisotopic (exact) mass is 432 g/mol. The number of aliphatic imine (C=N–C) groups is 1. The number of hydrogen-bond donors (Lipinski definition) is 1. The zero-order valence-electron chi connectivity index (χ0n) is 8.94. The van der Waals surface area contributed by atoms with Crippen molar-refractivity contribution in [3.63, 3.8) is 0 Å². The van der Waals surface area contributed by atoms with Gasteiger partial charge in [-0.05, 0) is 56.1 Å². The molecule has 1 N–H and O–H groups in total. The minimum Gasteiger partial charge on any atom is -0.507 e. The van der Waals surface area contributed by atoms with Gasteiger partial charge in [-0.1, -0.05) is 15.9 Å². The summed E-state index contributed by atoms with van der Waals surface area (Å²) in [6.45, 7) is 0. The van der Waals surface area contributed by atoms with Crippen molar-refractivity contribution in [2.24, 2.45) is 4.99 Å². The van der Waals surface area contributed by atoms with Crippen LogP contribution in [0.15, 0.2) is 48.9 Å². The number of rotatable bonds is 2. The molecular weight excluding hydrogens is 428 g/mol. The fourth-order valence-corrected chi connectivity index (χ4v) is 2.73. The molecule has 0 amide bonds. The third kappa shape index (κ3) is 3.40. The summed E-state index contributed by atoms with van der Waals surface area (Å²) in [7, 11) is 0. The average Bonchev–Trinajstić information content (AvgIpc) is 2.32. The molecule has 92 valence electrons. The topological polar surface area (TPSA) is 45.5 Å². The van der Waals surface area contributed by atoms with E-state index in [1.165, 1.54) is 0 Å². The second-order valence-corrected chi connectivity index (χ2v) is 6.11. The Bertz CT molecular complexity index is 614. The lowest BCUT2D eigenvalue weighted by molar-refractivity contribution is 0.474. The molecule has 2 aromatic rings. The predicted molar refractivity (Wildman–Crippen MR) is 82.7 cm³/mol. The normalized spacial score (nSPS) is 11.1. The van der Waals surface area contributed by atoms with Gasteiger partial charge in [-0.2, -0.15) is 0 Å². The number of phenolic OH excluding ortho intramolecular Hbond substituents is 1. The van der Waals surface area contributed by atoms with Gasteiger partial charge in [0.05, 0.1) is 4.47 Å². The number of aromatic hydroxyl groups is 1. The Balaban J connectivity index is 2.32. The van der Waals surface area contributed by atoms with Crippen LogP contribution < -0.4 is 0 Å². The van der Waals surface area contributed by atoms with E-state index >= 15 is 0 Å². The largest absolute Gasteiger partial charge is 0.507 e. The first kappa shape index (κ1) is 13.7. The van der Waals surface area contributed by atoms with Crippen LogP contribution in [0.4, 0.5) is 5.82 Å². The van der Waals surface area contributed by atoms with Crippen LogP contribution in [-0.4, -0.2) is 16.3 Å². The summed E-state index contributed by atoms with van der Waals surface area (Å²) in [6.07, 6.45) is 3.24. The number of nitrogens with zero attached hydrogens (tertiary/aromatic N) is 2. The summed E-state index contributed by atoms with van der Waals surface area (Å²) in [5.74, 6) is 0.729. The van der Waals surface area contributed by atoms with E-state index in [2.05, 4.69) is 57.8 Å². The van der Waals surface area contributed by atoms with E-state index in [9.17, 15) is 5.11 Å². The van der Waals surface area contributed by atoms with Crippen molar-refractivity contribution in [2.75, 3.05) is 0 Å². The van der Waals surface area contributed by atoms with E-state index in [0.29, 0.717) is 11.4 Å². The highest BCUT2D eigenvalue weighted by Gasteiger charge is 2.02. The first-order valence-electron chi connectivity index (χ1n) is 4.90. The maximum Gasteiger partial charge on any atom is 0.166 e. The van der Waals surface area contributed by atoms with Gasteiger partial charge in [0.25, 0.3) is 0 Å². The second kappa shape index (κ2) is 5.95. The standard InChI is InChI=1S/C12H7Br3N2O/c13-8-1-2-11(18)7(3-8)5-16-12-10(15)4-9(14)6-17-12/h1-6,18H. The molecule has 0 aliphatic carbocycles. The fraction of sp³-hybridized carbons (Fsp3) is 0. The summed E-state index contributed by atoms with van der Waals surface area (Å²) < 4.78 is 2.53. The van der Waals surface area contributed by atoms with Gasteiger partial charge in [-0.3, -0.25) is 0 Å². The van der Waals surface area contributed by atoms with Gasteiger partial charge in [-0.25, -0.2) is 9.98 Å². The number of halogens is 3. The lowest BCUT2D eigenvalue weighted by atomic mass is 10.2. The van der Waals surface area contributed by atoms with Crippen molar-refractivity contribution < 1.29 is 5.11 Å². The predicted octanol–water partition coefficient (Wildman–Crippen LogP) is 4.83. The van der Waals surface area contributed by atoms with E-state index in [1.54, 1.807) is 30.6 Å². The summed E-state index contributed by atoms with van der Waals surface area (Å²) in [5.41, 5.74) is 0.626.